The van der Waals surface area contributed by atoms with Gasteiger partial charge >= 0.3 is 0 Å². The molecule has 0 spiro atoms. The van der Waals surface area contributed by atoms with Crippen LogP contribution in [-0.2, 0) is 17.6 Å². The predicted molar refractivity (Wildman–Crippen MR) is 70.5 cm³/mol. The van der Waals surface area contributed by atoms with E-state index in [0.29, 0.717) is 12.2 Å². The highest BCUT2D eigenvalue weighted by molar-refractivity contribution is 5.78. The summed E-state index contributed by atoms with van der Waals surface area (Å²) in [5, 5.41) is 3.83. The molecule has 0 N–H and O–H groups in total. The number of hydrogen-bond acceptors (Lipinski definition) is 4. The van der Waals surface area contributed by atoms with Crippen molar-refractivity contribution in [3.05, 3.63) is 47.6 Å². The van der Waals surface area contributed by atoms with Gasteiger partial charge in [-0.2, -0.15) is 0 Å². The largest absolute Gasteiger partial charge is 0.361 e. The quantitative estimate of drug-likeness (QED) is 0.818. The maximum absolute atomic E-state index is 12.0. The molecule has 5 nitrogen and oxygen atoms in total. The lowest BCUT2D eigenvalue weighted by atomic mass is 10.2. The van der Waals surface area contributed by atoms with Crippen LogP contribution in [0.2, 0.25) is 0 Å². The highest BCUT2D eigenvalue weighted by Crippen LogP contribution is 2.05. The van der Waals surface area contributed by atoms with E-state index >= 15 is 0 Å². The maximum atomic E-state index is 12.0. The fourth-order valence-corrected chi connectivity index (χ4v) is 1.76. The molecule has 0 aliphatic heterocycles. The first-order valence-electron chi connectivity index (χ1n) is 6.20. The Labute approximate surface area is 112 Å². The summed E-state index contributed by atoms with van der Waals surface area (Å²) in [7, 11) is 1.80. The third-order valence-corrected chi connectivity index (χ3v) is 2.92. The minimum absolute atomic E-state index is 0.0438. The van der Waals surface area contributed by atoms with E-state index in [2.05, 4.69) is 10.1 Å². The molecule has 5 heteroatoms. The average Bonchev–Trinajstić information content (AvgIpc) is 2.82. The maximum Gasteiger partial charge on any atom is 0.228 e. The van der Waals surface area contributed by atoms with Crippen LogP contribution in [0.25, 0.3) is 0 Å². The van der Waals surface area contributed by atoms with E-state index in [1.54, 1.807) is 30.4 Å². The molecule has 2 aromatic heterocycles. The van der Waals surface area contributed by atoms with Crippen LogP contribution in [-0.4, -0.2) is 34.5 Å². The van der Waals surface area contributed by atoms with Gasteiger partial charge in [0.25, 0.3) is 0 Å². The number of amides is 1. The summed E-state index contributed by atoms with van der Waals surface area (Å²) in [5.74, 6) is 0.768. The molecule has 0 aromatic carbocycles. The molecule has 100 valence electrons. The van der Waals surface area contributed by atoms with Crippen LogP contribution in [0.1, 0.15) is 17.0 Å². The molecule has 0 saturated carbocycles. The van der Waals surface area contributed by atoms with E-state index in [0.717, 1.165) is 12.2 Å². The van der Waals surface area contributed by atoms with Crippen molar-refractivity contribution in [3.63, 3.8) is 0 Å². The summed E-state index contributed by atoms with van der Waals surface area (Å²) in [5.41, 5.74) is 1.85. The van der Waals surface area contributed by atoms with Crippen LogP contribution in [0.3, 0.4) is 0 Å². The van der Waals surface area contributed by atoms with Gasteiger partial charge in [0.1, 0.15) is 5.76 Å². The molecule has 0 fully saturated rings. The Bertz CT molecular complexity index is 537. The van der Waals surface area contributed by atoms with Crippen molar-refractivity contribution >= 4 is 5.91 Å². The number of aryl methyl sites for hydroxylation is 1. The lowest BCUT2D eigenvalue weighted by Crippen LogP contribution is -2.30. The highest BCUT2D eigenvalue weighted by atomic mass is 16.5. The molecule has 2 aromatic rings. The summed E-state index contributed by atoms with van der Waals surface area (Å²) in [6.07, 6.45) is 4.62. The molecule has 1 amide bonds. The van der Waals surface area contributed by atoms with Crippen molar-refractivity contribution < 1.29 is 9.32 Å². The number of nitrogens with zero attached hydrogens (tertiary/aromatic N) is 3. The number of carbonyl (C=O) groups excluding carboxylic acids is 1. The van der Waals surface area contributed by atoms with Crippen molar-refractivity contribution in [2.45, 2.75) is 19.8 Å². The minimum atomic E-state index is 0.0438. The number of hydrogen-bond donors (Lipinski definition) is 0. The second-order valence-corrected chi connectivity index (χ2v) is 4.53. The Hall–Kier alpha value is -2.17. The lowest BCUT2D eigenvalue weighted by molar-refractivity contribution is -0.129. The Kier molecular flexibility index (Phi) is 4.28. The van der Waals surface area contributed by atoms with Crippen molar-refractivity contribution in [1.29, 1.82) is 0 Å². The molecule has 0 aliphatic carbocycles. The van der Waals surface area contributed by atoms with Crippen LogP contribution >= 0.6 is 0 Å². The standard InChI is InChI=1S/C14H17N3O2/c1-11-9-13(16-19-11)10-14(18)17(2)8-5-12-3-6-15-7-4-12/h3-4,6-7,9H,5,8,10H2,1-2H3. The number of pyridine rings is 1. The number of rotatable bonds is 5. The summed E-state index contributed by atoms with van der Waals surface area (Å²) in [4.78, 5) is 17.7. The lowest BCUT2D eigenvalue weighted by Gasteiger charge is -2.16. The molecular formula is C14H17N3O2. The highest BCUT2D eigenvalue weighted by Gasteiger charge is 2.12. The molecular weight excluding hydrogens is 242 g/mol. The van der Waals surface area contributed by atoms with E-state index in [9.17, 15) is 4.79 Å². The molecule has 2 rings (SSSR count). The van der Waals surface area contributed by atoms with Gasteiger partial charge in [0, 0.05) is 32.1 Å². The van der Waals surface area contributed by atoms with Gasteiger partial charge in [0.15, 0.2) is 0 Å². The minimum Gasteiger partial charge on any atom is -0.361 e. The zero-order chi connectivity index (χ0) is 13.7. The van der Waals surface area contributed by atoms with Gasteiger partial charge in [-0.3, -0.25) is 9.78 Å². The monoisotopic (exact) mass is 259 g/mol. The van der Waals surface area contributed by atoms with Gasteiger partial charge in [-0.05, 0) is 31.0 Å². The Balaban J connectivity index is 1.82. The normalized spacial score (nSPS) is 10.4. The average molecular weight is 259 g/mol. The van der Waals surface area contributed by atoms with E-state index < -0.39 is 0 Å². The predicted octanol–water partition coefficient (Wildman–Crippen LogP) is 1.62. The van der Waals surface area contributed by atoms with Crippen LogP contribution < -0.4 is 0 Å². The fraction of sp³-hybridized carbons (Fsp3) is 0.357. The molecule has 0 atom stereocenters. The summed E-state index contributed by atoms with van der Waals surface area (Å²) in [6.45, 7) is 2.49. The van der Waals surface area contributed by atoms with E-state index in [1.165, 1.54) is 5.56 Å². The first-order valence-corrected chi connectivity index (χ1v) is 6.20. The Morgan fingerprint density at radius 2 is 2.11 bits per heavy atom. The topological polar surface area (TPSA) is 59.2 Å². The fourth-order valence-electron chi connectivity index (χ4n) is 1.76. The molecule has 0 aliphatic rings. The van der Waals surface area contributed by atoms with Gasteiger partial charge in [-0.25, -0.2) is 0 Å². The van der Waals surface area contributed by atoms with Gasteiger partial charge in [0.2, 0.25) is 5.91 Å². The summed E-state index contributed by atoms with van der Waals surface area (Å²) in [6, 6.07) is 5.70. The molecule has 0 radical (unpaired) electrons. The van der Waals surface area contributed by atoms with Gasteiger partial charge in [-0.15, -0.1) is 0 Å². The zero-order valence-corrected chi connectivity index (χ0v) is 11.2. The third kappa shape index (κ3) is 3.91. The van der Waals surface area contributed by atoms with Crippen LogP contribution in [0, 0.1) is 6.92 Å². The van der Waals surface area contributed by atoms with E-state index in [-0.39, 0.29) is 12.3 Å². The Morgan fingerprint density at radius 3 is 2.74 bits per heavy atom. The first-order chi connectivity index (χ1) is 9.15. The molecule has 2 heterocycles. The number of carbonyl (C=O) groups is 1. The number of likely N-dealkylation sites (N-methyl/N-ethyl adjacent to an activating group) is 1. The smallest absolute Gasteiger partial charge is 0.228 e. The van der Waals surface area contributed by atoms with Crippen LogP contribution in [0.4, 0.5) is 0 Å². The summed E-state index contributed by atoms with van der Waals surface area (Å²) < 4.78 is 4.95. The third-order valence-electron chi connectivity index (χ3n) is 2.92. The molecule has 19 heavy (non-hydrogen) atoms. The van der Waals surface area contributed by atoms with Gasteiger partial charge in [0.05, 0.1) is 12.1 Å². The van der Waals surface area contributed by atoms with Crippen molar-refractivity contribution in [3.8, 4) is 0 Å². The molecule has 0 saturated heterocycles. The summed E-state index contributed by atoms with van der Waals surface area (Å²) >= 11 is 0. The van der Waals surface area contributed by atoms with E-state index in [4.69, 9.17) is 4.52 Å². The van der Waals surface area contributed by atoms with Crippen LogP contribution in [0.15, 0.2) is 35.1 Å². The SMILES string of the molecule is Cc1cc(CC(=O)N(C)CCc2ccncc2)no1. The number of aromatic nitrogens is 2. The molecule has 0 bridgehead atoms. The Morgan fingerprint density at radius 1 is 1.37 bits per heavy atom. The van der Waals surface area contributed by atoms with Gasteiger partial charge in [-0.1, -0.05) is 5.16 Å². The van der Waals surface area contributed by atoms with Crippen molar-refractivity contribution in [2.24, 2.45) is 0 Å². The van der Waals surface area contributed by atoms with E-state index in [1.807, 2.05) is 19.1 Å². The van der Waals surface area contributed by atoms with Crippen LogP contribution in [0.5, 0.6) is 0 Å². The second-order valence-electron chi connectivity index (χ2n) is 4.53. The molecule has 0 unspecified atom stereocenters. The van der Waals surface area contributed by atoms with Gasteiger partial charge < -0.3 is 9.42 Å². The van der Waals surface area contributed by atoms with Crippen molar-refractivity contribution in [2.75, 3.05) is 13.6 Å². The second kappa shape index (κ2) is 6.13. The first kappa shape index (κ1) is 13.3. The zero-order valence-electron chi connectivity index (χ0n) is 11.2. The van der Waals surface area contributed by atoms with Crippen molar-refractivity contribution in [1.82, 2.24) is 15.0 Å².